The number of aromatic nitrogens is 2. The molecule has 2 rings (SSSR count). The lowest BCUT2D eigenvalue weighted by atomic mass is 9.85. The summed E-state index contributed by atoms with van der Waals surface area (Å²) in [7, 11) is 0. The minimum Gasteiger partial charge on any atom is -0.271 e. The van der Waals surface area contributed by atoms with Crippen LogP contribution in [0.2, 0.25) is 5.02 Å². The summed E-state index contributed by atoms with van der Waals surface area (Å²) in [6, 6.07) is 0.283. The zero-order valence-corrected chi connectivity index (χ0v) is 14.1. The molecule has 0 bridgehead atoms. The fraction of sp³-hybridized carbons (Fsp3) is 0.812. The summed E-state index contributed by atoms with van der Waals surface area (Å²) < 4.78 is 2.00. The molecule has 1 fully saturated rings. The Hall–Kier alpha value is -0.580. The van der Waals surface area contributed by atoms with Gasteiger partial charge in [0.15, 0.2) is 0 Å². The molecular formula is C16H29ClN4. The average Bonchev–Trinajstić information content (AvgIpc) is 2.79. The number of halogens is 1. The predicted octanol–water partition coefficient (Wildman–Crippen LogP) is 3.60. The molecule has 0 radical (unpaired) electrons. The standard InChI is InChI=1S/C16H29ClN4/c1-3-21-15(16(17)12(2)20-21)11-14(19-18)10-9-13-7-5-4-6-8-13/h13-14,19H,3-11,18H2,1-2H3. The van der Waals surface area contributed by atoms with Gasteiger partial charge < -0.3 is 0 Å². The number of rotatable bonds is 7. The summed E-state index contributed by atoms with van der Waals surface area (Å²) in [5, 5.41) is 5.28. The summed E-state index contributed by atoms with van der Waals surface area (Å²) in [5.41, 5.74) is 5.01. The van der Waals surface area contributed by atoms with Crippen LogP contribution in [0.5, 0.6) is 0 Å². The Morgan fingerprint density at radius 2 is 2.10 bits per heavy atom. The lowest BCUT2D eigenvalue weighted by Gasteiger charge is -2.24. The second-order valence-electron chi connectivity index (χ2n) is 6.31. The van der Waals surface area contributed by atoms with Gasteiger partial charge in [-0.05, 0) is 32.6 Å². The molecule has 120 valence electrons. The van der Waals surface area contributed by atoms with E-state index in [0.29, 0.717) is 0 Å². The Kier molecular flexibility index (Phi) is 6.52. The Bertz CT molecular complexity index is 438. The zero-order valence-electron chi connectivity index (χ0n) is 13.4. The molecule has 1 aromatic rings. The van der Waals surface area contributed by atoms with Crippen molar-refractivity contribution in [3.05, 3.63) is 16.4 Å². The Morgan fingerprint density at radius 3 is 2.71 bits per heavy atom. The van der Waals surface area contributed by atoms with Gasteiger partial charge in [-0.15, -0.1) is 0 Å². The first-order valence-corrected chi connectivity index (χ1v) is 8.71. The van der Waals surface area contributed by atoms with Gasteiger partial charge >= 0.3 is 0 Å². The van der Waals surface area contributed by atoms with Crippen LogP contribution in [0.25, 0.3) is 0 Å². The van der Waals surface area contributed by atoms with E-state index in [9.17, 15) is 0 Å². The molecule has 4 nitrogen and oxygen atoms in total. The van der Waals surface area contributed by atoms with Crippen LogP contribution in [0.1, 0.15) is 63.3 Å². The highest BCUT2D eigenvalue weighted by Crippen LogP contribution is 2.28. The lowest BCUT2D eigenvalue weighted by molar-refractivity contribution is 0.311. The lowest BCUT2D eigenvalue weighted by Crippen LogP contribution is -2.37. The van der Waals surface area contributed by atoms with E-state index in [2.05, 4.69) is 17.4 Å². The van der Waals surface area contributed by atoms with Gasteiger partial charge in [-0.3, -0.25) is 16.0 Å². The number of aryl methyl sites for hydroxylation is 2. The summed E-state index contributed by atoms with van der Waals surface area (Å²) >= 11 is 6.39. The number of hydrazine groups is 1. The first-order valence-electron chi connectivity index (χ1n) is 8.33. The molecule has 1 aromatic heterocycles. The fourth-order valence-corrected chi connectivity index (χ4v) is 3.67. The minimum absolute atomic E-state index is 0.283. The molecule has 1 aliphatic carbocycles. The maximum Gasteiger partial charge on any atom is 0.0847 e. The monoisotopic (exact) mass is 312 g/mol. The second kappa shape index (κ2) is 8.16. The van der Waals surface area contributed by atoms with E-state index in [-0.39, 0.29) is 6.04 Å². The first kappa shape index (κ1) is 16.8. The Labute approximate surface area is 133 Å². The largest absolute Gasteiger partial charge is 0.271 e. The second-order valence-corrected chi connectivity index (χ2v) is 6.69. The minimum atomic E-state index is 0.283. The van der Waals surface area contributed by atoms with Crippen LogP contribution in [0, 0.1) is 12.8 Å². The van der Waals surface area contributed by atoms with Gasteiger partial charge in [-0.1, -0.05) is 43.7 Å². The molecule has 1 unspecified atom stereocenters. The van der Waals surface area contributed by atoms with Crippen LogP contribution in [0.15, 0.2) is 0 Å². The molecule has 1 aliphatic rings. The van der Waals surface area contributed by atoms with E-state index in [0.717, 1.165) is 41.7 Å². The van der Waals surface area contributed by atoms with Crippen molar-refractivity contribution in [2.75, 3.05) is 0 Å². The van der Waals surface area contributed by atoms with E-state index in [1.807, 2.05) is 11.6 Å². The third-order valence-corrected chi connectivity index (χ3v) is 5.27. The average molecular weight is 313 g/mol. The third kappa shape index (κ3) is 4.44. The van der Waals surface area contributed by atoms with Gasteiger partial charge in [0.25, 0.3) is 0 Å². The predicted molar refractivity (Wildman–Crippen MR) is 88.3 cm³/mol. The fourth-order valence-electron chi connectivity index (χ4n) is 3.45. The van der Waals surface area contributed by atoms with Gasteiger partial charge in [-0.25, -0.2) is 0 Å². The molecule has 1 saturated carbocycles. The summed E-state index contributed by atoms with van der Waals surface area (Å²) in [5.74, 6) is 6.65. The molecule has 0 aliphatic heterocycles. The number of hydrogen-bond donors (Lipinski definition) is 2. The van der Waals surface area contributed by atoms with E-state index in [1.165, 1.54) is 38.5 Å². The van der Waals surface area contributed by atoms with Crippen molar-refractivity contribution < 1.29 is 0 Å². The molecule has 1 atom stereocenters. The van der Waals surface area contributed by atoms with E-state index in [4.69, 9.17) is 17.4 Å². The zero-order chi connectivity index (χ0) is 15.2. The van der Waals surface area contributed by atoms with E-state index >= 15 is 0 Å². The smallest absolute Gasteiger partial charge is 0.0847 e. The van der Waals surface area contributed by atoms with Crippen molar-refractivity contribution in [3.63, 3.8) is 0 Å². The maximum absolute atomic E-state index is 6.39. The van der Waals surface area contributed by atoms with Crippen LogP contribution >= 0.6 is 11.6 Å². The van der Waals surface area contributed by atoms with E-state index in [1.54, 1.807) is 0 Å². The quantitative estimate of drug-likeness (QED) is 0.597. The number of hydrogen-bond acceptors (Lipinski definition) is 3. The molecule has 0 aromatic carbocycles. The van der Waals surface area contributed by atoms with Crippen molar-refractivity contribution in [2.45, 2.75) is 77.8 Å². The molecule has 0 saturated heterocycles. The molecule has 1 heterocycles. The highest BCUT2D eigenvalue weighted by molar-refractivity contribution is 6.31. The topological polar surface area (TPSA) is 55.9 Å². The van der Waals surface area contributed by atoms with Crippen molar-refractivity contribution >= 4 is 11.6 Å². The van der Waals surface area contributed by atoms with Crippen LogP contribution in [0.3, 0.4) is 0 Å². The van der Waals surface area contributed by atoms with Gasteiger partial charge in [0.2, 0.25) is 0 Å². The summed E-state index contributed by atoms with van der Waals surface area (Å²) in [6.07, 6.45) is 10.2. The maximum atomic E-state index is 6.39. The molecular weight excluding hydrogens is 284 g/mol. The molecule has 0 amide bonds. The SMILES string of the molecule is CCn1nc(C)c(Cl)c1CC(CCC1CCCCC1)NN. The van der Waals surface area contributed by atoms with Crippen molar-refractivity contribution in [3.8, 4) is 0 Å². The van der Waals surface area contributed by atoms with Crippen LogP contribution in [-0.2, 0) is 13.0 Å². The summed E-state index contributed by atoms with van der Waals surface area (Å²) in [6.45, 7) is 4.91. The van der Waals surface area contributed by atoms with Gasteiger partial charge in [-0.2, -0.15) is 5.10 Å². The Morgan fingerprint density at radius 1 is 1.38 bits per heavy atom. The summed E-state index contributed by atoms with van der Waals surface area (Å²) in [4.78, 5) is 0. The molecule has 0 spiro atoms. The van der Waals surface area contributed by atoms with Crippen LogP contribution in [-0.4, -0.2) is 15.8 Å². The normalized spacial score (nSPS) is 18.1. The van der Waals surface area contributed by atoms with Gasteiger partial charge in [0.05, 0.1) is 16.4 Å². The third-order valence-electron chi connectivity index (χ3n) is 4.78. The number of nitrogens with two attached hydrogens (primary N) is 1. The van der Waals surface area contributed by atoms with E-state index < -0.39 is 0 Å². The number of nitrogens with zero attached hydrogens (tertiary/aromatic N) is 2. The van der Waals surface area contributed by atoms with Crippen molar-refractivity contribution in [1.82, 2.24) is 15.2 Å². The first-order chi connectivity index (χ1) is 10.2. The van der Waals surface area contributed by atoms with Crippen LogP contribution in [0.4, 0.5) is 0 Å². The Balaban J connectivity index is 1.92. The van der Waals surface area contributed by atoms with Gasteiger partial charge in [0, 0.05) is 19.0 Å². The highest BCUT2D eigenvalue weighted by atomic mass is 35.5. The molecule has 21 heavy (non-hydrogen) atoms. The van der Waals surface area contributed by atoms with Crippen LogP contribution < -0.4 is 11.3 Å². The molecule has 3 N–H and O–H groups in total. The molecule has 5 heteroatoms. The highest BCUT2D eigenvalue weighted by Gasteiger charge is 2.19. The van der Waals surface area contributed by atoms with Crippen molar-refractivity contribution in [2.24, 2.45) is 11.8 Å². The number of nitrogens with one attached hydrogen (secondary N) is 1. The van der Waals surface area contributed by atoms with Crippen molar-refractivity contribution in [1.29, 1.82) is 0 Å². The van der Waals surface area contributed by atoms with Gasteiger partial charge in [0.1, 0.15) is 0 Å².